The molecule has 1 atom stereocenters. The number of rotatable bonds is 5. The molecule has 1 aromatic heterocycles. The predicted molar refractivity (Wildman–Crippen MR) is 76.6 cm³/mol. The summed E-state index contributed by atoms with van der Waals surface area (Å²) < 4.78 is 5.49. The second-order valence-electron chi connectivity index (χ2n) is 5.24. The van der Waals surface area contributed by atoms with Gasteiger partial charge in [-0.2, -0.15) is 0 Å². The Morgan fingerprint density at radius 3 is 3.05 bits per heavy atom. The topological polar surface area (TPSA) is 50.3 Å². The van der Waals surface area contributed by atoms with Crippen molar-refractivity contribution >= 4 is 5.82 Å². The second-order valence-corrected chi connectivity index (χ2v) is 5.24. The highest BCUT2D eigenvalue weighted by molar-refractivity contribution is 5.47. The fourth-order valence-corrected chi connectivity index (χ4v) is 2.58. The van der Waals surface area contributed by atoms with Gasteiger partial charge in [0.05, 0.1) is 12.2 Å². The van der Waals surface area contributed by atoms with Crippen LogP contribution in [0.3, 0.4) is 0 Å². The van der Waals surface area contributed by atoms with Gasteiger partial charge in [0.2, 0.25) is 5.88 Å². The minimum absolute atomic E-state index is 0.630. The van der Waals surface area contributed by atoms with Crippen molar-refractivity contribution in [1.29, 1.82) is 0 Å². The van der Waals surface area contributed by atoms with Crippen LogP contribution in [0.25, 0.3) is 0 Å². The maximum Gasteiger partial charge on any atom is 0.221 e. The summed E-state index contributed by atoms with van der Waals surface area (Å²) in [7, 11) is 2.19. The molecule has 0 radical (unpaired) electrons. The van der Waals surface area contributed by atoms with Crippen molar-refractivity contribution in [2.45, 2.75) is 26.7 Å². The highest BCUT2D eigenvalue weighted by Crippen LogP contribution is 2.21. The zero-order chi connectivity index (χ0) is 13.7. The minimum atomic E-state index is 0.630. The van der Waals surface area contributed by atoms with Crippen LogP contribution in [0.4, 0.5) is 5.82 Å². The molecule has 0 aromatic carbocycles. The van der Waals surface area contributed by atoms with Crippen LogP contribution < -0.4 is 10.1 Å². The minimum Gasteiger partial charge on any atom is -0.478 e. The molecule has 1 aliphatic rings. The van der Waals surface area contributed by atoms with Gasteiger partial charge in [-0.15, -0.1) is 0 Å². The highest BCUT2D eigenvalue weighted by Gasteiger charge is 2.17. The molecule has 1 aromatic rings. The molecule has 0 amide bonds. The molecule has 106 valence electrons. The molecule has 1 fully saturated rings. The van der Waals surface area contributed by atoms with Gasteiger partial charge in [-0.25, -0.2) is 9.97 Å². The Morgan fingerprint density at radius 2 is 2.32 bits per heavy atom. The van der Waals surface area contributed by atoms with Crippen molar-refractivity contribution in [1.82, 2.24) is 14.9 Å². The monoisotopic (exact) mass is 264 g/mol. The van der Waals surface area contributed by atoms with E-state index in [9.17, 15) is 0 Å². The van der Waals surface area contributed by atoms with E-state index < -0.39 is 0 Å². The summed E-state index contributed by atoms with van der Waals surface area (Å²) in [4.78, 5) is 10.9. The van der Waals surface area contributed by atoms with Crippen LogP contribution in [0.1, 0.15) is 25.3 Å². The molecule has 1 N–H and O–H groups in total. The maximum absolute atomic E-state index is 5.49. The zero-order valence-corrected chi connectivity index (χ0v) is 12.1. The molecule has 0 aliphatic carbocycles. The third-order valence-corrected chi connectivity index (χ3v) is 3.60. The van der Waals surface area contributed by atoms with Gasteiger partial charge in [0.25, 0.3) is 0 Å². The van der Waals surface area contributed by atoms with Gasteiger partial charge in [-0.1, -0.05) is 0 Å². The molecular weight excluding hydrogens is 240 g/mol. The lowest BCUT2D eigenvalue weighted by Crippen LogP contribution is -2.35. The third-order valence-electron chi connectivity index (χ3n) is 3.60. The smallest absolute Gasteiger partial charge is 0.221 e. The summed E-state index contributed by atoms with van der Waals surface area (Å²) in [6.07, 6.45) is 4.14. The molecule has 1 unspecified atom stereocenters. The molecule has 0 spiro atoms. The van der Waals surface area contributed by atoms with E-state index in [1.807, 2.05) is 13.8 Å². The third kappa shape index (κ3) is 3.80. The summed E-state index contributed by atoms with van der Waals surface area (Å²) in [5, 5.41) is 3.44. The van der Waals surface area contributed by atoms with E-state index in [0.717, 1.165) is 24.5 Å². The van der Waals surface area contributed by atoms with Crippen molar-refractivity contribution in [2.75, 3.05) is 38.6 Å². The highest BCUT2D eigenvalue weighted by atomic mass is 16.5. The van der Waals surface area contributed by atoms with Crippen LogP contribution >= 0.6 is 0 Å². The number of hydrogen-bond acceptors (Lipinski definition) is 5. The number of aromatic nitrogens is 2. The first-order valence-electron chi connectivity index (χ1n) is 7.07. The Morgan fingerprint density at radius 1 is 1.47 bits per heavy atom. The van der Waals surface area contributed by atoms with Crippen molar-refractivity contribution in [2.24, 2.45) is 5.92 Å². The standard InChI is InChI=1S/C14H24N4O/c1-4-19-14-11(2)13(16-10-17-14)15-8-12-6-5-7-18(3)9-12/h10,12H,4-9H2,1-3H3,(H,15,16,17). The first kappa shape index (κ1) is 14.1. The number of hydrogen-bond donors (Lipinski definition) is 1. The van der Waals surface area contributed by atoms with Gasteiger partial charge >= 0.3 is 0 Å². The van der Waals surface area contributed by atoms with Gasteiger partial charge in [0, 0.05) is 13.1 Å². The van der Waals surface area contributed by atoms with Gasteiger partial charge in [0.1, 0.15) is 12.1 Å². The molecule has 1 aliphatic heterocycles. The van der Waals surface area contributed by atoms with Crippen LogP contribution in [-0.4, -0.2) is 48.2 Å². The average Bonchev–Trinajstić information content (AvgIpc) is 2.40. The van der Waals surface area contributed by atoms with E-state index >= 15 is 0 Å². The Kier molecular flexibility index (Phi) is 4.96. The van der Waals surface area contributed by atoms with Crippen molar-refractivity contribution in [3.8, 4) is 5.88 Å². The number of likely N-dealkylation sites (tertiary alicyclic amines) is 1. The second kappa shape index (κ2) is 6.70. The van der Waals surface area contributed by atoms with E-state index in [0.29, 0.717) is 18.4 Å². The molecule has 2 rings (SSSR count). The van der Waals surface area contributed by atoms with Gasteiger partial charge < -0.3 is 15.0 Å². The molecule has 19 heavy (non-hydrogen) atoms. The Hall–Kier alpha value is -1.36. The number of nitrogens with zero attached hydrogens (tertiary/aromatic N) is 3. The molecular formula is C14H24N4O. The fraction of sp³-hybridized carbons (Fsp3) is 0.714. The summed E-state index contributed by atoms with van der Waals surface area (Å²) >= 11 is 0. The molecule has 0 bridgehead atoms. The normalized spacial score (nSPS) is 20.3. The van der Waals surface area contributed by atoms with Gasteiger partial charge in [-0.3, -0.25) is 0 Å². The van der Waals surface area contributed by atoms with E-state index in [1.165, 1.54) is 19.4 Å². The van der Waals surface area contributed by atoms with Crippen molar-refractivity contribution < 1.29 is 4.74 Å². The first-order chi connectivity index (χ1) is 9.20. The molecule has 1 saturated heterocycles. The predicted octanol–water partition coefficient (Wildman–Crippen LogP) is 1.94. The van der Waals surface area contributed by atoms with Gasteiger partial charge in [0.15, 0.2) is 0 Å². The zero-order valence-electron chi connectivity index (χ0n) is 12.1. The van der Waals surface area contributed by atoms with Crippen LogP contribution in [0.15, 0.2) is 6.33 Å². The average molecular weight is 264 g/mol. The Balaban J connectivity index is 1.93. The van der Waals surface area contributed by atoms with Crippen molar-refractivity contribution in [3.05, 3.63) is 11.9 Å². The Bertz CT molecular complexity index is 410. The molecule has 0 saturated carbocycles. The summed E-state index contributed by atoms with van der Waals surface area (Å²) in [5.74, 6) is 2.27. The maximum atomic E-state index is 5.49. The lowest BCUT2D eigenvalue weighted by Gasteiger charge is -2.30. The van der Waals surface area contributed by atoms with Crippen LogP contribution in [0, 0.1) is 12.8 Å². The van der Waals surface area contributed by atoms with E-state index in [2.05, 4.69) is 27.2 Å². The Labute approximate surface area is 115 Å². The molecule has 2 heterocycles. The summed E-state index contributed by atoms with van der Waals surface area (Å²) in [6, 6.07) is 0. The van der Waals surface area contributed by atoms with Gasteiger partial charge in [-0.05, 0) is 46.2 Å². The van der Waals surface area contributed by atoms with E-state index in [4.69, 9.17) is 4.74 Å². The largest absolute Gasteiger partial charge is 0.478 e. The van der Waals surface area contributed by atoms with Crippen molar-refractivity contribution in [3.63, 3.8) is 0 Å². The first-order valence-corrected chi connectivity index (χ1v) is 7.07. The van der Waals surface area contributed by atoms with Crippen LogP contribution in [0.5, 0.6) is 5.88 Å². The quantitative estimate of drug-likeness (QED) is 0.880. The SMILES string of the molecule is CCOc1ncnc(NCC2CCCN(C)C2)c1C. The number of nitrogens with one attached hydrogen (secondary N) is 1. The lowest BCUT2D eigenvalue weighted by molar-refractivity contribution is 0.217. The van der Waals surface area contributed by atoms with E-state index in [1.54, 1.807) is 6.33 Å². The molecule has 5 heteroatoms. The fourth-order valence-electron chi connectivity index (χ4n) is 2.58. The summed E-state index contributed by atoms with van der Waals surface area (Å²) in [5.41, 5.74) is 0.994. The number of ether oxygens (including phenoxy) is 1. The number of anilines is 1. The van der Waals surface area contributed by atoms with Crippen LogP contribution in [-0.2, 0) is 0 Å². The summed E-state index contributed by atoms with van der Waals surface area (Å²) in [6.45, 7) is 7.94. The van der Waals surface area contributed by atoms with E-state index in [-0.39, 0.29) is 0 Å². The van der Waals surface area contributed by atoms with Crippen LogP contribution in [0.2, 0.25) is 0 Å². The molecule has 5 nitrogen and oxygen atoms in total. The lowest BCUT2D eigenvalue weighted by atomic mass is 9.98. The number of piperidine rings is 1.